The Kier molecular flexibility index (Phi) is 5.38. The number of benzene rings is 1. The average molecular weight is 349 g/mol. The van der Waals surface area contributed by atoms with Gasteiger partial charge in [-0.3, -0.25) is 4.98 Å². The van der Waals surface area contributed by atoms with Gasteiger partial charge in [0.2, 0.25) is 5.95 Å². The average Bonchev–Trinajstić information content (AvgIpc) is 2.67. The van der Waals surface area contributed by atoms with Crippen LogP contribution in [0.1, 0.15) is 21.6 Å². The lowest BCUT2D eigenvalue weighted by molar-refractivity contribution is 0.0601. The summed E-state index contributed by atoms with van der Waals surface area (Å²) >= 11 is 0. The van der Waals surface area contributed by atoms with E-state index in [0.29, 0.717) is 23.9 Å². The van der Waals surface area contributed by atoms with Crippen LogP contribution in [0.2, 0.25) is 0 Å². The molecule has 0 saturated carbocycles. The molecule has 0 fully saturated rings. The van der Waals surface area contributed by atoms with Crippen molar-refractivity contribution in [2.75, 3.05) is 17.7 Å². The maximum Gasteiger partial charge on any atom is 0.337 e. The van der Waals surface area contributed by atoms with Gasteiger partial charge in [-0.1, -0.05) is 0 Å². The van der Waals surface area contributed by atoms with Crippen LogP contribution in [0.5, 0.6) is 0 Å². The maximum atomic E-state index is 11.5. The molecule has 3 rings (SSSR count). The van der Waals surface area contributed by atoms with E-state index < -0.39 is 0 Å². The molecule has 2 N–H and O–H groups in total. The van der Waals surface area contributed by atoms with Crippen molar-refractivity contribution in [3.63, 3.8) is 0 Å². The number of anilines is 3. The van der Waals surface area contributed by atoms with E-state index >= 15 is 0 Å². The number of nitrogens with one attached hydrogen (secondary N) is 2. The number of pyridine rings is 1. The van der Waals surface area contributed by atoms with E-state index in [1.54, 1.807) is 36.7 Å². The van der Waals surface area contributed by atoms with Gasteiger partial charge in [0.25, 0.3) is 0 Å². The molecule has 0 saturated heterocycles. The van der Waals surface area contributed by atoms with Gasteiger partial charge in [0, 0.05) is 36.4 Å². The van der Waals surface area contributed by atoms with Gasteiger partial charge in [0.15, 0.2) is 0 Å². The fourth-order valence-electron chi connectivity index (χ4n) is 2.35. The molecule has 0 amide bonds. The fourth-order valence-corrected chi connectivity index (χ4v) is 2.35. The Bertz CT molecular complexity index is 882. The second-order valence-electron chi connectivity index (χ2n) is 5.62. The molecule has 26 heavy (non-hydrogen) atoms. The van der Waals surface area contributed by atoms with Gasteiger partial charge in [-0.15, -0.1) is 0 Å². The fraction of sp³-hybridized carbons (Fsp3) is 0.158. The standard InChI is InChI=1S/C19H19N5O2/c1-13-11-17(23-16-5-3-15(4-6-16)18(25)26-2)24-19(22-13)21-12-14-7-9-20-10-8-14/h3-11H,12H2,1-2H3,(H2,21,22,23,24). The molecule has 0 spiro atoms. The first kappa shape index (κ1) is 17.3. The van der Waals surface area contributed by atoms with Crippen LogP contribution >= 0.6 is 0 Å². The summed E-state index contributed by atoms with van der Waals surface area (Å²) < 4.78 is 4.70. The van der Waals surface area contributed by atoms with Crippen LogP contribution in [0.15, 0.2) is 54.9 Å². The monoisotopic (exact) mass is 349 g/mol. The number of carbonyl (C=O) groups is 1. The lowest BCUT2D eigenvalue weighted by atomic mass is 10.2. The van der Waals surface area contributed by atoms with Gasteiger partial charge in [-0.25, -0.2) is 9.78 Å². The first-order valence-electron chi connectivity index (χ1n) is 8.08. The molecule has 132 valence electrons. The zero-order valence-electron chi connectivity index (χ0n) is 14.6. The Morgan fingerprint density at radius 1 is 1.08 bits per heavy atom. The second kappa shape index (κ2) is 8.06. The topological polar surface area (TPSA) is 89.0 Å². The number of ether oxygens (including phenoxy) is 1. The SMILES string of the molecule is COC(=O)c1ccc(Nc2cc(C)nc(NCc3ccncc3)n2)cc1. The number of methoxy groups -OCH3 is 1. The summed E-state index contributed by atoms with van der Waals surface area (Å²) in [6, 6.07) is 12.7. The number of esters is 1. The molecule has 0 aliphatic heterocycles. The van der Waals surface area contributed by atoms with Crippen molar-refractivity contribution in [3.8, 4) is 0 Å². The molecule has 2 aromatic heterocycles. The van der Waals surface area contributed by atoms with Crippen molar-refractivity contribution in [2.24, 2.45) is 0 Å². The molecular weight excluding hydrogens is 330 g/mol. The van der Waals surface area contributed by atoms with Crippen molar-refractivity contribution in [2.45, 2.75) is 13.5 Å². The molecular formula is C19H19N5O2. The highest BCUT2D eigenvalue weighted by atomic mass is 16.5. The normalized spacial score (nSPS) is 10.2. The van der Waals surface area contributed by atoms with Crippen LogP contribution in [0.4, 0.5) is 17.5 Å². The predicted octanol–water partition coefficient (Wildman–Crippen LogP) is 3.32. The van der Waals surface area contributed by atoms with E-state index in [4.69, 9.17) is 4.74 Å². The summed E-state index contributed by atoms with van der Waals surface area (Å²) in [5.41, 5.74) is 3.25. The third-order valence-electron chi connectivity index (χ3n) is 3.63. The first-order chi connectivity index (χ1) is 12.6. The number of aromatic nitrogens is 3. The number of aryl methyl sites for hydroxylation is 1. The third kappa shape index (κ3) is 4.54. The van der Waals surface area contributed by atoms with E-state index in [0.717, 1.165) is 16.9 Å². The minimum Gasteiger partial charge on any atom is -0.465 e. The molecule has 3 aromatic rings. The minimum atomic E-state index is -0.364. The summed E-state index contributed by atoms with van der Waals surface area (Å²) in [5, 5.41) is 6.42. The van der Waals surface area contributed by atoms with Crippen molar-refractivity contribution in [1.29, 1.82) is 0 Å². The number of hydrogen-bond donors (Lipinski definition) is 2. The molecule has 7 heteroatoms. The number of hydrogen-bond acceptors (Lipinski definition) is 7. The summed E-state index contributed by atoms with van der Waals surface area (Å²) in [4.78, 5) is 24.4. The summed E-state index contributed by atoms with van der Waals surface area (Å²) in [6.07, 6.45) is 3.50. The van der Waals surface area contributed by atoms with Crippen LogP contribution in [0, 0.1) is 6.92 Å². The lowest BCUT2D eigenvalue weighted by Crippen LogP contribution is -2.06. The highest BCUT2D eigenvalue weighted by Crippen LogP contribution is 2.18. The van der Waals surface area contributed by atoms with E-state index in [1.165, 1.54) is 7.11 Å². The van der Waals surface area contributed by atoms with Crippen molar-refractivity contribution in [1.82, 2.24) is 15.0 Å². The molecule has 0 aliphatic rings. The van der Waals surface area contributed by atoms with Crippen LogP contribution < -0.4 is 10.6 Å². The van der Waals surface area contributed by atoms with Crippen LogP contribution in [0.3, 0.4) is 0 Å². The smallest absolute Gasteiger partial charge is 0.337 e. The van der Waals surface area contributed by atoms with Crippen LogP contribution in [0.25, 0.3) is 0 Å². The largest absolute Gasteiger partial charge is 0.465 e. The Balaban J connectivity index is 1.70. The Morgan fingerprint density at radius 2 is 1.81 bits per heavy atom. The Hall–Kier alpha value is -3.48. The van der Waals surface area contributed by atoms with Gasteiger partial charge in [-0.05, 0) is 48.9 Å². The number of nitrogens with zero attached hydrogens (tertiary/aromatic N) is 3. The number of carbonyl (C=O) groups excluding carboxylic acids is 1. The molecule has 0 bridgehead atoms. The van der Waals surface area contributed by atoms with Crippen molar-refractivity contribution < 1.29 is 9.53 Å². The number of rotatable bonds is 6. The highest BCUT2D eigenvalue weighted by molar-refractivity contribution is 5.89. The second-order valence-corrected chi connectivity index (χ2v) is 5.62. The molecule has 1 aromatic carbocycles. The summed E-state index contributed by atoms with van der Waals surface area (Å²) in [6.45, 7) is 2.52. The summed E-state index contributed by atoms with van der Waals surface area (Å²) in [5.74, 6) is 0.841. The van der Waals surface area contributed by atoms with Gasteiger partial charge in [-0.2, -0.15) is 4.98 Å². The quantitative estimate of drug-likeness (QED) is 0.660. The predicted molar refractivity (Wildman–Crippen MR) is 99.4 cm³/mol. The molecule has 0 aliphatic carbocycles. The zero-order valence-corrected chi connectivity index (χ0v) is 14.6. The molecule has 0 atom stereocenters. The lowest BCUT2D eigenvalue weighted by Gasteiger charge is -2.10. The van der Waals surface area contributed by atoms with E-state index in [9.17, 15) is 4.79 Å². The van der Waals surface area contributed by atoms with Gasteiger partial charge in [0.05, 0.1) is 12.7 Å². The molecule has 0 radical (unpaired) electrons. The minimum absolute atomic E-state index is 0.364. The van der Waals surface area contributed by atoms with Gasteiger partial charge in [0.1, 0.15) is 5.82 Å². The Morgan fingerprint density at radius 3 is 2.50 bits per heavy atom. The first-order valence-corrected chi connectivity index (χ1v) is 8.08. The van der Waals surface area contributed by atoms with Crippen LogP contribution in [-0.2, 0) is 11.3 Å². The molecule has 2 heterocycles. The van der Waals surface area contributed by atoms with Gasteiger partial charge >= 0.3 is 5.97 Å². The van der Waals surface area contributed by atoms with Gasteiger partial charge < -0.3 is 15.4 Å². The van der Waals surface area contributed by atoms with Crippen molar-refractivity contribution >= 4 is 23.4 Å². The summed E-state index contributed by atoms with van der Waals surface area (Å²) in [7, 11) is 1.36. The van der Waals surface area contributed by atoms with Crippen molar-refractivity contribution in [3.05, 3.63) is 71.7 Å². The van der Waals surface area contributed by atoms with Crippen LogP contribution in [-0.4, -0.2) is 28.0 Å². The Labute approximate surface area is 151 Å². The van der Waals surface area contributed by atoms with E-state index in [1.807, 2.05) is 25.1 Å². The molecule has 0 unspecified atom stereocenters. The highest BCUT2D eigenvalue weighted by Gasteiger charge is 2.06. The van der Waals surface area contributed by atoms with E-state index in [2.05, 4.69) is 25.6 Å². The third-order valence-corrected chi connectivity index (χ3v) is 3.63. The van der Waals surface area contributed by atoms with E-state index in [-0.39, 0.29) is 5.97 Å². The molecule has 7 nitrogen and oxygen atoms in total. The zero-order chi connectivity index (χ0) is 18.4. The maximum absolute atomic E-state index is 11.5.